The maximum absolute atomic E-state index is 6.03. The maximum atomic E-state index is 6.03. The summed E-state index contributed by atoms with van der Waals surface area (Å²) in [6.45, 7) is 3.42. The predicted molar refractivity (Wildman–Crippen MR) is 81.0 cm³/mol. The fourth-order valence-corrected chi connectivity index (χ4v) is 1.92. The molecule has 6 heteroatoms. The molecule has 2 N–H and O–H groups in total. The lowest BCUT2D eigenvalue weighted by atomic mass is 10.2. The molecule has 0 aliphatic carbocycles. The Morgan fingerprint density at radius 2 is 2.19 bits per heavy atom. The molecule has 2 aromatic rings. The van der Waals surface area contributed by atoms with E-state index >= 15 is 0 Å². The van der Waals surface area contributed by atoms with Gasteiger partial charge in [-0.1, -0.05) is 18.1 Å². The quantitative estimate of drug-likeness (QED) is 0.841. The van der Waals surface area contributed by atoms with Crippen molar-refractivity contribution in [2.75, 3.05) is 27.2 Å². The molecule has 1 atom stereocenters. The first-order valence-corrected chi connectivity index (χ1v) is 7.07. The number of nitrogens with zero attached hydrogens (tertiary/aromatic N) is 3. The summed E-state index contributed by atoms with van der Waals surface area (Å²) < 4.78 is 10.9. The minimum absolute atomic E-state index is 0.267. The van der Waals surface area contributed by atoms with Crippen molar-refractivity contribution >= 4 is 0 Å². The molecule has 1 aromatic carbocycles. The number of hydrogen-bond donors (Lipinski definition) is 1. The highest BCUT2D eigenvalue weighted by molar-refractivity contribution is 5.55. The van der Waals surface area contributed by atoms with Crippen molar-refractivity contribution in [3.63, 3.8) is 0 Å². The van der Waals surface area contributed by atoms with E-state index in [2.05, 4.69) is 17.1 Å². The smallest absolute Gasteiger partial charge is 0.258 e. The number of hydrogen-bond acceptors (Lipinski definition) is 6. The molecule has 0 bridgehead atoms. The van der Waals surface area contributed by atoms with Gasteiger partial charge in [0.05, 0.1) is 12.6 Å². The second kappa shape index (κ2) is 7.19. The average Bonchev–Trinajstić information content (AvgIpc) is 2.94. The fraction of sp³-hybridized carbons (Fsp3) is 0.467. The first kappa shape index (κ1) is 15.5. The summed E-state index contributed by atoms with van der Waals surface area (Å²) in [6.07, 6.45) is 0.967. The van der Waals surface area contributed by atoms with Crippen molar-refractivity contribution in [2.45, 2.75) is 19.4 Å². The third-order valence-corrected chi connectivity index (χ3v) is 2.89. The highest BCUT2D eigenvalue weighted by Gasteiger charge is 2.16. The first-order valence-electron chi connectivity index (χ1n) is 7.07. The van der Waals surface area contributed by atoms with Crippen LogP contribution >= 0.6 is 0 Å². The highest BCUT2D eigenvalue weighted by atomic mass is 16.5. The average molecular weight is 290 g/mol. The van der Waals surface area contributed by atoms with Crippen LogP contribution in [-0.2, 0) is 0 Å². The van der Waals surface area contributed by atoms with Gasteiger partial charge in [-0.15, -0.1) is 0 Å². The van der Waals surface area contributed by atoms with Gasteiger partial charge in [0, 0.05) is 12.1 Å². The lowest BCUT2D eigenvalue weighted by molar-refractivity contribution is 0.317. The highest BCUT2D eigenvalue weighted by Crippen LogP contribution is 2.23. The second-order valence-corrected chi connectivity index (χ2v) is 5.20. The molecule has 21 heavy (non-hydrogen) atoms. The van der Waals surface area contributed by atoms with E-state index in [0.717, 1.165) is 17.7 Å². The number of nitrogens with two attached hydrogens (primary N) is 1. The van der Waals surface area contributed by atoms with E-state index in [9.17, 15) is 0 Å². The third-order valence-electron chi connectivity index (χ3n) is 2.89. The summed E-state index contributed by atoms with van der Waals surface area (Å²) in [7, 11) is 3.91. The maximum Gasteiger partial charge on any atom is 0.258 e. The monoisotopic (exact) mass is 290 g/mol. The van der Waals surface area contributed by atoms with E-state index in [4.69, 9.17) is 15.0 Å². The zero-order chi connectivity index (χ0) is 15.2. The van der Waals surface area contributed by atoms with Gasteiger partial charge in [0.25, 0.3) is 5.89 Å². The summed E-state index contributed by atoms with van der Waals surface area (Å²) in [5, 5.41) is 3.96. The molecule has 0 saturated carbocycles. The molecule has 0 aliphatic heterocycles. The summed E-state index contributed by atoms with van der Waals surface area (Å²) in [6, 6.07) is 7.35. The molecule has 0 amide bonds. The largest absolute Gasteiger partial charge is 0.494 e. The SMILES string of the molecule is CCCOc1cccc(-c2nc(C(N)CN(C)C)no2)c1. The Hall–Kier alpha value is -1.92. The number of ether oxygens (including phenoxy) is 1. The molecule has 0 aliphatic rings. The Labute approximate surface area is 124 Å². The minimum atomic E-state index is -0.267. The van der Waals surface area contributed by atoms with Crippen molar-refractivity contribution in [1.29, 1.82) is 0 Å². The Morgan fingerprint density at radius 1 is 1.38 bits per heavy atom. The van der Waals surface area contributed by atoms with Crippen molar-refractivity contribution < 1.29 is 9.26 Å². The molecule has 0 saturated heterocycles. The van der Waals surface area contributed by atoms with Gasteiger partial charge in [0.2, 0.25) is 0 Å². The molecule has 0 radical (unpaired) electrons. The van der Waals surface area contributed by atoms with Gasteiger partial charge >= 0.3 is 0 Å². The minimum Gasteiger partial charge on any atom is -0.494 e. The summed E-state index contributed by atoms with van der Waals surface area (Å²) in [4.78, 5) is 6.36. The van der Waals surface area contributed by atoms with Crippen LogP contribution in [0.15, 0.2) is 28.8 Å². The summed E-state index contributed by atoms with van der Waals surface area (Å²) >= 11 is 0. The molecular formula is C15H22N4O2. The molecule has 1 unspecified atom stereocenters. The van der Waals surface area contributed by atoms with E-state index in [1.165, 1.54) is 0 Å². The molecule has 6 nitrogen and oxygen atoms in total. The van der Waals surface area contributed by atoms with Crippen molar-refractivity contribution in [2.24, 2.45) is 5.73 Å². The van der Waals surface area contributed by atoms with E-state index < -0.39 is 0 Å². The molecular weight excluding hydrogens is 268 g/mol. The van der Waals surface area contributed by atoms with Crippen LogP contribution in [0.1, 0.15) is 25.2 Å². The van der Waals surface area contributed by atoms with Gasteiger partial charge in [-0.2, -0.15) is 4.98 Å². The molecule has 1 aromatic heterocycles. The van der Waals surface area contributed by atoms with E-state index in [1.807, 2.05) is 43.3 Å². The lowest BCUT2D eigenvalue weighted by Gasteiger charge is -2.12. The second-order valence-electron chi connectivity index (χ2n) is 5.20. The van der Waals surface area contributed by atoms with E-state index in [0.29, 0.717) is 24.9 Å². The van der Waals surface area contributed by atoms with Crippen molar-refractivity contribution in [3.8, 4) is 17.2 Å². The van der Waals surface area contributed by atoms with Gasteiger partial charge in [-0.05, 0) is 38.7 Å². The Morgan fingerprint density at radius 3 is 2.90 bits per heavy atom. The topological polar surface area (TPSA) is 77.4 Å². The van der Waals surface area contributed by atoms with Gasteiger partial charge in [-0.3, -0.25) is 0 Å². The lowest BCUT2D eigenvalue weighted by Crippen LogP contribution is -2.26. The molecule has 0 fully saturated rings. The van der Waals surface area contributed by atoms with E-state index in [1.54, 1.807) is 0 Å². The van der Waals surface area contributed by atoms with Crippen LogP contribution in [-0.4, -0.2) is 42.3 Å². The zero-order valence-corrected chi connectivity index (χ0v) is 12.7. The number of rotatable bonds is 7. The van der Waals surface area contributed by atoms with E-state index in [-0.39, 0.29) is 6.04 Å². The molecule has 0 spiro atoms. The third kappa shape index (κ3) is 4.27. The Balaban J connectivity index is 2.13. The van der Waals surface area contributed by atoms with Crippen LogP contribution < -0.4 is 10.5 Å². The molecule has 114 valence electrons. The molecule has 2 rings (SSSR count). The Kier molecular flexibility index (Phi) is 5.30. The predicted octanol–water partition coefficient (Wildman–Crippen LogP) is 2.09. The summed E-state index contributed by atoms with van der Waals surface area (Å²) in [5.74, 6) is 1.77. The Bertz CT molecular complexity index is 568. The standard InChI is InChI=1S/C15H22N4O2/c1-4-8-20-12-7-5-6-11(9-12)15-17-14(18-21-15)13(16)10-19(2)3/h5-7,9,13H,4,8,10,16H2,1-3H3. The molecule has 1 heterocycles. The van der Waals surface area contributed by atoms with Crippen LogP contribution in [0.2, 0.25) is 0 Å². The number of likely N-dealkylation sites (N-methyl/N-ethyl adjacent to an activating group) is 1. The first-order chi connectivity index (χ1) is 10.1. The van der Waals surface area contributed by atoms with Crippen molar-refractivity contribution in [3.05, 3.63) is 30.1 Å². The van der Waals surface area contributed by atoms with Crippen LogP contribution in [0.25, 0.3) is 11.5 Å². The van der Waals surface area contributed by atoms with Crippen LogP contribution in [0.4, 0.5) is 0 Å². The van der Waals surface area contributed by atoms with Crippen LogP contribution in [0.5, 0.6) is 5.75 Å². The van der Waals surface area contributed by atoms with Crippen LogP contribution in [0, 0.1) is 0 Å². The van der Waals surface area contributed by atoms with Crippen molar-refractivity contribution in [1.82, 2.24) is 15.0 Å². The van der Waals surface area contributed by atoms with Gasteiger partial charge in [-0.25, -0.2) is 0 Å². The van der Waals surface area contributed by atoms with Gasteiger partial charge in [0.15, 0.2) is 5.82 Å². The number of aromatic nitrogens is 2. The van der Waals surface area contributed by atoms with Crippen LogP contribution in [0.3, 0.4) is 0 Å². The number of benzene rings is 1. The van der Waals surface area contributed by atoms with Gasteiger partial charge < -0.3 is 19.9 Å². The normalized spacial score (nSPS) is 12.6. The fourth-order valence-electron chi connectivity index (χ4n) is 1.92. The summed E-state index contributed by atoms with van der Waals surface area (Å²) in [5.41, 5.74) is 6.86. The van der Waals surface area contributed by atoms with Gasteiger partial charge in [0.1, 0.15) is 5.75 Å². The zero-order valence-electron chi connectivity index (χ0n) is 12.7.